The summed E-state index contributed by atoms with van der Waals surface area (Å²) in [6.07, 6.45) is 1.91. The molecule has 0 unspecified atom stereocenters. The van der Waals surface area contributed by atoms with Crippen molar-refractivity contribution in [1.29, 1.82) is 0 Å². The first-order valence-electron chi connectivity index (χ1n) is 4.92. The highest BCUT2D eigenvalue weighted by molar-refractivity contribution is 5.75. The van der Waals surface area contributed by atoms with Crippen LogP contribution in [0.25, 0.3) is 0 Å². The van der Waals surface area contributed by atoms with Crippen LogP contribution in [-0.2, 0) is 6.42 Å². The fourth-order valence-electron chi connectivity index (χ4n) is 1.32. The fraction of sp³-hybridized carbons (Fsp3) is 0.417. The van der Waals surface area contributed by atoms with Gasteiger partial charge in [-0.3, -0.25) is 4.79 Å². The third kappa shape index (κ3) is 2.59. The quantitative estimate of drug-likeness (QED) is 0.686. The normalized spacial score (nSPS) is 10.3. The van der Waals surface area contributed by atoms with E-state index in [4.69, 9.17) is 4.74 Å². The lowest BCUT2D eigenvalue weighted by atomic mass is 10.1. The molecule has 2 heteroatoms. The summed E-state index contributed by atoms with van der Waals surface area (Å²) in [5, 5.41) is 0. The first kappa shape index (κ1) is 10.8. The Kier molecular flexibility index (Phi) is 3.69. The molecule has 1 rings (SSSR count). The van der Waals surface area contributed by atoms with Crippen molar-refractivity contribution >= 4 is 6.29 Å². The number of ether oxygens (including phenoxy) is 1. The van der Waals surface area contributed by atoms with Crippen molar-refractivity contribution in [2.45, 2.75) is 33.3 Å². The summed E-state index contributed by atoms with van der Waals surface area (Å²) in [6.45, 7) is 6.04. The zero-order valence-electron chi connectivity index (χ0n) is 8.91. The highest BCUT2D eigenvalue weighted by atomic mass is 16.5. The van der Waals surface area contributed by atoms with Gasteiger partial charge in [0, 0.05) is 5.56 Å². The van der Waals surface area contributed by atoms with Gasteiger partial charge in [-0.15, -0.1) is 0 Å². The second kappa shape index (κ2) is 4.80. The largest absolute Gasteiger partial charge is 0.491 e. The van der Waals surface area contributed by atoms with Gasteiger partial charge >= 0.3 is 0 Å². The average Bonchev–Trinajstić information content (AvgIpc) is 2.17. The molecule has 0 aromatic heterocycles. The maximum absolute atomic E-state index is 10.6. The molecule has 0 spiro atoms. The lowest BCUT2D eigenvalue weighted by molar-refractivity contribution is 0.112. The molecule has 0 radical (unpaired) electrons. The summed E-state index contributed by atoms with van der Waals surface area (Å²) >= 11 is 0. The van der Waals surface area contributed by atoms with Crippen molar-refractivity contribution in [2.75, 3.05) is 0 Å². The maximum atomic E-state index is 10.6. The molecule has 0 fully saturated rings. The zero-order chi connectivity index (χ0) is 10.6. The van der Waals surface area contributed by atoms with Crippen molar-refractivity contribution in [3.8, 4) is 5.75 Å². The zero-order valence-corrected chi connectivity index (χ0v) is 8.91. The Hall–Kier alpha value is -1.31. The highest BCUT2D eigenvalue weighted by Crippen LogP contribution is 2.21. The van der Waals surface area contributed by atoms with E-state index in [0.29, 0.717) is 5.56 Å². The monoisotopic (exact) mass is 192 g/mol. The van der Waals surface area contributed by atoms with Gasteiger partial charge in [-0.05, 0) is 44.0 Å². The number of hydrogen-bond donors (Lipinski definition) is 0. The Morgan fingerprint density at radius 2 is 2.14 bits per heavy atom. The van der Waals surface area contributed by atoms with Crippen LogP contribution in [0.5, 0.6) is 5.75 Å². The summed E-state index contributed by atoms with van der Waals surface area (Å²) in [6, 6.07) is 5.52. The first-order chi connectivity index (χ1) is 6.67. The molecule has 0 amide bonds. The van der Waals surface area contributed by atoms with Gasteiger partial charge in [0.15, 0.2) is 0 Å². The third-order valence-corrected chi connectivity index (χ3v) is 1.96. The number of benzene rings is 1. The second-order valence-electron chi connectivity index (χ2n) is 3.51. The van der Waals surface area contributed by atoms with Crippen LogP contribution in [0.2, 0.25) is 0 Å². The fourth-order valence-corrected chi connectivity index (χ4v) is 1.32. The van der Waals surface area contributed by atoms with E-state index in [1.54, 1.807) is 6.07 Å². The Morgan fingerprint density at radius 1 is 1.43 bits per heavy atom. The summed E-state index contributed by atoms with van der Waals surface area (Å²) in [7, 11) is 0. The van der Waals surface area contributed by atoms with Crippen LogP contribution in [-0.4, -0.2) is 12.4 Å². The van der Waals surface area contributed by atoms with Gasteiger partial charge in [0.1, 0.15) is 12.0 Å². The lowest BCUT2D eigenvalue weighted by Crippen LogP contribution is -2.07. The molecule has 0 bridgehead atoms. The molecule has 0 saturated heterocycles. The van der Waals surface area contributed by atoms with Crippen molar-refractivity contribution in [3.05, 3.63) is 29.3 Å². The van der Waals surface area contributed by atoms with Gasteiger partial charge in [0.2, 0.25) is 0 Å². The Labute approximate surface area is 84.9 Å². The van der Waals surface area contributed by atoms with Crippen molar-refractivity contribution in [1.82, 2.24) is 0 Å². The van der Waals surface area contributed by atoms with Crippen LogP contribution in [0.1, 0.15) is 36.7 Å². The van der Waals surface area contributed by atoms with Crippen LogP contribution in [0.15, 0.2) is 18.2 Å². The Balaban J connectivity index is 2.98. The van der Waals surface area contributed by atoms with E-state index in [1.807, 2.05) is 26.0 Å². The van der Waals surface area contributed by atoms with Crippen molar-refractivity contribution in [2.24, 2.45) is 0 Å². The average molecular weight is 192 g/mol. The molecule has 0 heterocycles. The maximum Gasteiger partial charge on any atom is 0.150 e. The van der Waals surface area contributed by atoms with Gasteiger partial charge < -0.3 is 4.74 Å². The van der Waals surface area contributed by atoms with E-state index in [9.17, 15) is 4.79 Å². The molecule has 0 aliphatic rings. The molecular weight excluding hydrogens is 176 g/mol. The first-order valence-corrected chi connectivity index (χ1v) is 4.92. The van der Waals surface area contributed by atoms with Crippen LogP contribution in [0.3, 0.4) is 0 Å². The van der Waals surface area contributed by atoms with Crippen LogP contribution in [0.4, 0.5) is 0 Å². The van der Waals surface area contributed by atoms with Crippen molar-refractivity contribution in [3.63, 3.8) is 0 Å². The van der Waals surface area contributed by atoms with Crippen molar-refractivity contribution < 1.29 is 9.53 Å². The van der Waals surface area contributed by atoms with Gasteiger partial charge in [-0.25, -0.2) is 0 Å². The summed E-state index contributed by atoms with van der Waals surface area (Å²) in [5.74, 6) is 0.883. The van der Waals surface area contributed by atoms with E-state index in [0.717, 1.165) is 24.0 Å². The SMILES string of the molecule is CCc1cc(C=O)ccc1OC(C)C. The number of aldehydes is 1. The Bertz CT molecular complexity index is 316. The predicted molar refractivity (Wildman–Crippen MR) is 57.0 cm³/mol. The molecule has 1 aromatic carbocycles. The van der Waals surface area contributed by atoms with Crippen LogP contribution in [0, 0.1) is 0 Å². The number of carbonyl (C=O) groups excluding carboxylic acids is 1. The highest BCUT2D eigenvalue weighted by Gasteiger charge is 2.04. The van der Waals surface area contributed by atoms with E-state index in [2.05, 4.69) is 6.92 Å². The van der Waals surface area contributed by atoms with Gasteiger partial charge in [-0.2, -0.15) is 0 Å². The van der Waals surface area contributed by atoms with E-state index in [-0.39, 0.29) is 6.10 Å². The molecule has 0 atom stereocenters. The van der Waals surface area contributed by atoms with Gasteiger partial charge in [0.25, 0.3) is 0 Å². The van der Waals surface area contributed by atoms with Crippen LogP contribution >= 0.6 is 0 Å². The van der Waals surface area contributed by atoms with Crippen LogP contribution < -0.4 is 4.74 Å². The van der Waals surface area contributed by atoms with E-state index < -0.39 is 0 Å². The molecule has 14 heavy (non-hydrogen) atoms. The minimum absolute atomic E-state index is 0.169. The summed E-state index contributed by atoms with van der Waals surface area (Å²) in [5.41, 5.74) is 1.79. The number of carbonyl (C=O) groups is 1. The molecular formula is C12H16O2. The molecule has 1 aromatic rings. The number of rotatable bonds is 4. The lowest BCUT2D eigenvalue weighted by Gasteiger charge is -2.13. The standard InChI is InChI=1S/C12H16O2/c1-4-11-7-10(8-13)5-6-12(11)14-9(2)3/h5-9H,4H2,1-3H3. The van der Waals surface area contributed by atoms with Gasteiger partial charge in [0.05, 0.1) is 6.10 Å². The van der Waals surface area contributed by atoms with E-state index >= 15 is 0 Å². The third-order valence-electron chi connectivity index (χ3n) is 1.96. The number of aryl methyl sites for hydroxylation is 1. The molecule has 0 N–H and O–H groups in total. The predicted octanol–water partition coefficient (Wildman–Crippen LogP) is 2.85. The Morgan fingerprint density at radius 3 is 2.64 bits per heavy atom. The van der Waals surface area contributed by atoms with Gasteiger partial charge in [-0.1, -0.05) is 6.92 Å². The molecule has 76 valence electrons. The minimum atomic E-state index is 0.169. The molecule has 0 aliphatic carbocycles. The molecule has 0 saturated carbocycles. The molecule has 2 nitrogen and oxygen atoms in total. The second-order valence-corrected chi connectivity index (χ2v) is 3.51. The number of hydrogen-bond acceptors (Lipinski definition) is 2. The molecule has 0 aliphatic heterocycles. The minimum Gasteiger partial charge on any atom is -0.491 e. The van der Waals surface area contributed by atoms with E-state index in [1.165, 1.54) is 0 Å². The smallest absolute Gasteiger partial charge is 0.150 e. The topological polar surface area (TPSA) is 26.3 Å². The summed E-state index contributed by atoms with van der Waals surface area (Å²) < 4.78 is 5.62. The summed E-state index contributed by atoms with van der Waals surface area (Å²) in [4.78, 5) is 10.6.